The maximum absolute atomic E-state index is 11.5. The second-order valence-electron chi connectivity index (χ2n) is 3.79. The zero-order valence-electron chi connectivity index (χ0n) is 10.5. The molecule has 0 fully saturated rings. The van der Waals surface area contributed by atoms with Crippen LogP contribution in [-0.2, 0) is 9.63 Å². The van der Waals surface area contributed by atoms with Crippen molar-refractivity contribution in [3.05, 3.63) is 39.9 Å². The predicted molar refractivity (Wildman–Crippen MR) is 65.8 cm³/mol. The zero-order valence-corrected chi connectivity index (χ0v) is 10.5. The van der Waals surface area contributed by atoms with E-state index in [9.17, 15) is 19.7 Å². The van der Waals surface area contributed by atoms with Crippen molar-refractivity contribution in [2.75, 3.05) is 6.61 Å². The Kier molecular flexibility index (Phi) is 5.95. The summed E-state index contributed by atoms with van der Waals surface area (Å²) in [5, 5.41) is 17.9. The second-order valence-corrected chi connectivity index (χ2v) is 3.79. The second kappa shape index (κ2) is 7.72. The first kappa shape index (κ1) is 15.4. The SMILES string of the molecule is O=C(CCCCO[N+](=O)[O-])Oc1ccccc1C(=O)O. The van der Waals surface area contributed by atoms with E-state index in [0.717, 1.165) is 0 Å². The first-order chi connectivity index (χ1) is 9.50. The van der Waals surface area contributed by atoms with E-state index in [1.165, 1.54) is 18.2 Å². The summed E-state index contributed by atoms with van der Waals surface area (Å²) >= 11 is 0. The molecular formula is C12H13NO7. The Morgan fingerprint density at radius 1 is 1.25 bits per heavy atom. The van der Waals surface area contributed by atoms with Crippen LogP contribution in [0.15, 0.2) is 24.3 Å². The van der Waals surface area contributed by atoms with Crippen LogP contribution in [0.1, 0.15) is 29.6 Å². The van der Waals surface area contributed by atoms with Crippen LogP contribution in [0.3, 0.4) is 0 Å². The summed E-state index contributed by atoms with van der Waals surface area (Å²) in [6.45, 7) is -0.0913. The molecule has 8 heteroatoms. The van der Waals surface area contributed by atoms with Gasteiger partial charge in [0, 0.05) is 6.42 Å². The molecule has 0 bridgehead atoms. The highest BCUT2D eigenvalue weighted by Gasteiger charge is 2.13. The van der Waals surface area contributed by atoms with E-state index in [0.29, 0.717) is 12.8 Å². The van der Waals surface area contributed by atoms with Gasteiger partial charge in [0.2, 0.25) is 0 Å². The summed E-state index contributed by atoms with van der Waals surface area (Å²) in [6.07, 6.45) is 0.702. The standard InChI is InChI=1S/C12H13NO7/c14-11(7-3-4-8-19-13(17)18)20-10-6-2-1-5-9(10)12(15)16/h1-2,5-6H,3-4,7-8H2,(H,15,16). The molecule has 0 saturated carbocycles. The summed E-state index contributed by atoms with van der Waals surface area (Å²) in [5.41, 5.74) is -0.0995. The number of hydrogen-bond donors (Lipinski definition) is 1. The van der Waals surface area contributed by atoms with Crippen molar-refractivity contribution in [1.29, 1.82) is 0 Å². The molecule has 0 spiro atoms. The number of aromatic carboxylic acids is 1. The molecule has 1 aromatic carbocycles. The fraction of sp³-hybridized carbons (Fsp3) is 0.333. The molecule has 1 N–H and O–H groups in total. The van der Waals surface area contributed by atoms with Gasteiger partial charge in [-0.15, -0.1) is 10.1 Å². The molecule has 0 unspecified atom stereocenters. The highest BCUT2D eigenvalue weighted by atomic mass is 16.9. The lowest BCUT2D eigenvalue weighted by molar-refractivity contribution is -0.757. The summed E-state index contributed by atoms with van der Waals surface area (Å²) in [7, 11) is 0. The topological polar surface area (TPSA) is 116 Å². The molecule has 0 saturated heterocycles. The lowest BCUT2D eigenvalue weighted by atomic mass is 10.2. The van der Waals surface area contributed by atoms with Gasteiger partial charge >= 0.3 is 11.9 Å². The number of carboxylic acids is 1. The number of carbonyl (C=O) groups is 2. The normalized spacial score (nSPS) is 9.80. The molecule has 1 rings (SSSR count). The van der Waals surface area contributed by atoms with Crippen molar-refractivity contribution in [2.45, 2.75) is 19.3 Å². The van der Waals surface area contributed by atoms with Gasteiger partial charge in [-0.1, -0.05) is 12.1 Å². The van der Waals surface area contributed by atoms with Gasteiger partial charge in [-0.05, 0) is 25.0 Å². The molecule has 0 aromatic heterocycles. The van der Waals surface area contributed by atoms with Crippen molar-refractivity contribution < 1.29 is 29.4 Å². The van der Waals surface area contributed by atoms with Crippen LogP contribution in [0, 0.1) is 10.1 Å². The van der Waals surface area contributed by atoms with E-state index in [4.69, 9.17) is 9.84 Å². The maximum atomic E-state index is 11.5. The van der Waals surface area contributed by atoms with Crippen LogP contribution >= 0.6 is 0 Å². The van der Waals surface area contributed by atoms with E-state index >= 15 is 0 Å². The summed E-state index contributed by atoms with van der Waals surface area (Å²) in [4.78, 5) is 36.3. The number of hydrogen-bond acceptors (Lipinski definition) is 6. The molecule has 0 atom stereocenters. The maximum Gasteiger partial charge on any atom is 0.339 e. The van der Waals surface area contributed by atoms with Gasteiger partial charge < -0.3 is 14.7 Å². The number of unbranched alkanes of at least 4 members (excludes halogenated alkanes) is 1. The Balaban J connectivity index is 2.39. The average Bonchev–Trinajstić information content (AvgIpc) is 2.38. The number of carboxylic acid groups (broad SMARTS) is 1. The summed E-state index contributed by atoms with van der Waals surface area (Å²) < 4.78 is 4.94. The fourth-order valence-electron chi connectivity index (χ4n) is 1.42. The van der Waals surface area contributed by atoms with Gasteiger partial charge in [-0.3, -0.25) is 4.79 Å². The van der Waals surface area contributed by atoms with Crippen LogP contribution in [0.2, 0.25) is 0 Å². The number of benzene rings is 1. The Morgan fingerprint density at radius 3 is 2.60 bits per heavy atom. The van der Waals surface area contributed by atoms with Crippen LogP contribution in [-0.4, -0.2) is 28.7 Å². The van der Waals surface area contributed by atoms with Crippen molar-refractivity contribution in [3.63, 3.8) is 0 Å². The molecule has 0 heterocycles. The van der Waals surface area contributed by atoms with Crippen LogP contribution in [0.25, 0.3) is 0 Å². The largest absolute Gasteiger partial charge is 0.478 e. The number of ether oxygens (including phenoxy) is 1. The van der Waals surface area contributed by atoms with Gasteiger partial charge in [0.25, 0.3) is 5.09 Å². The lowest BCUT2D eigenvalue weighted by Gasteiger charge is -2.06. The van der Waals surface area contributed by atoms with Crippen LogP contribution < -0.4 is 4.74 Å². The number of nitrogens with zero attached hydrogens (tertiary/aromatic N) is 1. The highest BCUT2D eigenvalue weighted by molar-refractivity contribution is 5.91. The Morgan fingerprint density at radius 2 is 1.95 bits per heavy atom. The van der Waals surface area contributed by atoms with Crippen LogP contribution in [0.4, 0.5) is 0 Å². The van der Waals surface area contributed by atoms with Crippen molar-refractivity contribution in [2.24, 2.45) is 0 Å². The van der Waals surface area contributed by atoms with Gasteiger partial charge in [0.1, 0.15) is 11.3 Å². The minimum Gasteiger partial charge on any atom is -0.478 e. The number of esters is 1. The van der Waals surface area contributed by atoms with E-state index in [-0.39, 0.29) is 24.3 Å². The molecule has 108 valence electrons. The molecule has 20 heavy (non-hydrogen) atoms. The minimum atomic E-state index is -1.19. The highest BCUT2D eigenvalue weighted by Crippen LogP contribution is 2.18. The Bertz CT molecular complexity index is 500. The van der Waals surface area contributed by atoms with E-state index in [1.807, 2.05) is 0 Å². The Labute approximate surface area is 114 Å². The molecule has 0 aliphatic rings. The zero-order chi connectivity index (χ0) is 15.0. The van der Waals surface area contributed by atoms with Gasteiger partial charge in [-0.2, -0.15) is 0 Å². The summed E-state index contributed by atoms with van der Waals surface area (Å²) in [5.74, 6) is -1.81. The van der Waals surface area contributed by atoms with Gasteiger partial charge in [0.05, 0.1) is 6.61 Å². The molecule has 0 aliphatic carbocycles. The average molecular weight is 283 g/mol. The molecule has 0 radical (unpaired) electrons. The molecule has 8 nitrogen and oxygen atoms in total. The first-order valence-corrected chi connectivity index (χ1v) is 5.81. The predicted octanol–water partition coefficient (Wildman–Crippen LogP) is 1.67. The van der Waals surface area contributed by atoms with E-state index in [1.54, 1.807) is 6.07 Å². The third-order valence-electron chi connectivity index (χ3n) is 2.31. The molecule has 0 aliphatic heterocycles. The van der Waals surface area contributed by atoms with Crippen molar-refractivity contribution in [3.8, 4) is 5.75 Å². The third-order valence-corrected chi connectivity index (χ3v) is 2.31. The molecular weight excluding hydrogens is 270 g/mol. The monoisotopic (exact) mass is 283 g/mol. The number of carbonyl (C=O) groups excluding carboxylic acids is 1. The molecule has 1 aromatic rings. The number of rotatable bonds is 8. The first-order valence-electron chi connectivity index (χ1n) is 5.81. The lowest BCUT2D eigenvalue weighted by Crippen LogP contribution is -2.11. The quantitative estimate of drug-likeness (QED) is 0.253. The van der Waals surface area contributed by atoms with Crippen LogP contribution in [0.5, 0.6) is 5.75 Å². The van der Waals surface area contributed by atoms with Crippen molar-refractivity contribution >= 4 is 11.9 Å². The van der Waals surface area contributed by atoms with Gasteiger partial charge in [-0.25, -0.2) is 4.79 Å². The summed E-state index contributed by atoms with van der Waals surface area (Å²) in [6, 6.07) is 5.79. The van der Waals surface area contributed by atoms with E-state index in [2.05, 4.69) is 4.84 Å². The fourth-order valence-corrected chi connectivity index (χ4v) is 1.42. The van der Waals surface area contributed by atoms with Crippen molar-refractivity contribution in [1.82, 2.24) is 0 Å². The number of para-hydroxylation sites is 1. The third kappa shape index (κ3) is 5.34. The van der Waals surface area contributed by atoms with Gasteiger partial charge in [0.15, 0.2) is 0 Å². The smallest absolute Gasteiger partial charge is 0.339 e. The minimum absolute atomic E-state index is 0.0217. The Hall–Kier alpha value is -2.64. The van der Waals surface area contributed by atoms with E-state index < -0.39 is 17.0 Å². The molecule has 0 amide bonds.